The Morgan fingerprint density at radius 3 is 2.31 bits per heavy atom. The zero-order valence-electron chi connectivity index (χ0n) is 9.64. The van der Waals surface area contributed by atoms with Crippen LogP contribution in [0.3, 0.4) is 0 Å². The Labute approximate surface area is 96.4 Å². The molecule has 1 unspecified atom stereocenters. The van der Waals surface area contributed by atoms with Gasteiger partial charge in [0, 0.05) is 11.5 Å². The second-order valence-electron chi connectivity index (χ2n) is 4.15. The minimum Gasteiger partial charge on any atom is -0.507 e. The molecule has 0 radical (unpaired) electrons. The molecular weight excluding hydrogens is 196 g/mol. The Bertz CT molecular complexity index is 474. The second-order valence-corrected chi connectivity index (χ2v) is 4.15. The van der Waals surface area contributed by atoms with E-state index in [0.29, 0.717) is 5.75 Å². The predicted molar refractivity (Wildman–Crippen MR) is 66.8 cm³/mol. The third-order valence-electron chi connectivity index (χ3n) is 3.04. The van der Waals surface area contributed by atoms with Gasteiger partial charge in [0.1, 0.15) is 5.75 Å². The summed E-state index contributed by atoms with van der Waals surface area (Å²) in [5, 5.41) is 10.0. The molecule has 2 aromatic carbocycles. The third-order valence-corrected chi connectivity index (χ3v) is 3.04. The number of aromatic hydroxyl groups is 1. The van der Waals surface area contributed by atoms with E-state index in [0.717, 1.165) is 11.1 Å². The van der Waals surface area contributed by atoms with Crippen LogP contribution in [0, 0.1) is 6.92 Å². The van der Waals surface area contributed by atoms with Crippen LogP contribution in [0.1, 0.15) is 29.5 Å². The molecule has 1 atom stereocenters. The fourth-order valence-corrected chi connectivity index (χ4v) is 1.95. The molecule has 0 bridgehead atoms. The van der Waals surface area contributed by atoms with Crippen molar-refractivity contribution in [3.63, 3.8) is 0 Å². The number of phenols is 1. The molecule has 0 amide bonds. The molecular formula is C15H16O. The van der Waals surface area contributed by atoms with Crippen molar-refractivity contribution in [1.29, 1.82) is 0 Å². The second kappa shape index (κ2) is 4.40. The standard InChI is InChI=1S/C15H16O/c1-11-7-6-10-14(15(11)16)12(2)13-8-4-3-5-9-13/h3-10,12,16H,1-2H3. The van der Waals surface area contributed by atoms with E-state index in [1.807, 2.05) is 43.3 Å². The number of hydrogen-bond acceptors (Lipinski definition) is 1. The molecule has 1 heteroatoms. The van der Waals surface area contributed by atoms with E-state index in [-0.39, 0.29) is 5.92 Å². The Balaban J connectivity index is 2.42. The molecule has 0 aliphatic carbocycles. The molecule has 0 heterocycles. The Kier molecular flexibility index (Phi) is 2.95. The fraction of sp³-hybridized carbons (Fsp3) is 0.200. The summed E-state index contributed by atoms with van der Waals surface area (Å²) in [6.45, 7) is 4.04. The maximum absolute atomic E-state index is 10.0. The average molecular weight is 212 g/mol. The molecule has 2 rings (SSSR count). The largest absolute Gasteiger partial charge is 0.507 e. The van der Waals surface area contributed by atoms with Gasteiger partial charge in [-0.25, -0.2) is 0 Å². The highest BCUT2D eigenvalue weighted by molar-refractivity contribution is 5.45. The summed E-state index contributed by atoms with van der Waals surface area (Å²) >= 11 is 0. The minimum atomic E-state index is 0.223. The SMILES string of the molecule is Cc1cccc(C(C)c2ccccc2)c1O. The van der Waals surface area contributed by atoms with E-state index in [1.165, 1.54) is 5.56 Å². The van der Waals surface area contributed by atoms with Gasteiger partial charge in [-0.05, 0) is 18.1 Å². The predicted octanol–water partition coefficient (Wildman–Crippen LogP) is 3.85. The minimum absolute atomic E-state index is 0.223. The van der Waals surface area contributed by atoms with Gasteiger partial charge in [-0.15, -0.1) is 0 Å². The number of rotatable bonds is 2. The van der Waals surface area contributed by atoms with Crippen molar-refractivity contribution in [2.75, 3.05) is 0 Å². The molecule has 82 valence electrons. The Morgan fingerprint density at radius 1 is 0.938 bits per heavy atom. The van der Waals surface area contributed by atoms with Gasteiger partial charge >= 0.3 is 0 Å². The zero-order valence-corrected chi connectivity index (χ0v) is 9.64. The number of phenolic OH excluding ortho intramolecular Hbond substituents is 1. The van der Waals surface area contributed by atoms with Crippen LogP contribution in [-0.4, -0.2) is 5.11 Å². The first kappa shape index (κ1) is 10.7. The first-order valence-corrected chi connectivity index (χ1v) is 5.53. The van der Waals surface area contributed by atoms with E-state index in [2.05, 4.69) is 19.1 Å². The van der Waals surface area contributed by atoms with Crippen LogP contribution in [-0.2, 0) is 0 Å². The summed E-state index contributed by atoms with van der Waals surface area (Å²) in [6.07, 6.45) is 0. The van der Waals surface area contributed by atoms with E-state index >= 15 is 0 Å². The van der Waals surface area contributed by atoms with Crippen LogP contribution >= 0.6 is 0 Å². The van der Waals surface area contributed by atoms with Gasteiger partial charge in [-0.2, -0.15) is 0 Å². The van der Waals surface area contributed by atoms with Gasteiger partial charge in [-0.3, -0.25) is 0 Å². The van der Waals surface area contributed by atoms with E-state index in [9.17, 15) is 5.11 Å². The van der Waals surface area contributed by atoms with E-state index < -0.39 is 0 Å². The van der Waals surface area contributed by atoms with Crippen LogP contribution in [0.2, 0.25) is 0 Å². The van der Waals surface area contributed by atoms with Crippen LogP contribution in [0.5, 0.6) is 5.75 Å². The fourth-order valence-electron chi connectivity index (χ4n) is 1.95. The van der Waals surface area contributed by atoms with Gasteiger partial charge in [0.15, 0.2) is 0 Å². The summed E-state index contributed by atoms with van der Waals surface area (Å²) in [6, 6.07) is 16.1. The van der Waals surface area contributed by atoms with Crippen molar-refractivity contribution in [2.45, 2.75) is 19.8 Å². The quantitative estimate of drug-likeness (QED) is 0.801. The molecule has 16 heavy (non-hydrogen) atoms. The number of hydrogen-bond donors (Lipinski definition) is 1. The lowest BCUT2D eigenvalue weighted by molar-refractivity contribution is 0.462. The molecule has 2 aromatic rings. The van der Waals surface area contributed by atoms with Crippen molar-refractivity contribution < 1.29 is 5.11 Å². The summed E-state index contributed by atoms with van der Waals surface area (Å²) in [5.74, 6) is 0.639. The summed E-state index contributed by atoms with van der Waals surface area (Å²) in [4.78, 5) is 0. The Morgan fingerprint density at radius 2 is 1.62 bits per heavy atom. The Hall–Kier alpha value is -1.76. The first-order valence-electron chi connectivity index (χ1n) is 5.53. The number of para-hydroxylation sites is 1. The third kappa shape index (κ3) is 1.94. The monoisotopic (exact) mass is 212 g/mol. The van der Waals surface area contributed by atoms with Crippen LogP contribution in [0.25, 0.3) is 0 Å². The normalized spacial score (nSPS) is 12.4. The highest BCUT2D eigenvalue weighted by Gasteiger charge is 2.12. The lowest BCUT2D eigenvalue weighted by Gasteiger charge is -2.15. The average Bonchev–Trinajstić information content (AvgIpc) is 2.33. The van der Waals surface area contributed by atoms with Gasteiger partial charge in [0.2, 0.25) is 0 Å². The molecule has 0 saturated carbocycles. The van der Waals surface area contributed by atoms with Crippen molar-refractivity contribution in [1.82, 2.24) is 0 Å². The number of aryl methyl sites for hydroxylation is 1. The molecule has 1 N–H and O–H groups in total. The molecule has 1 nitrogen and oxygen atoms in total. The first-order chi connectivity index (χ1) is 7.70. The maximum atomic E-state index is 10.0. The van der Waals surface area contributed by atoms with Crippen molar-refractivity contribution >= 4 is 0 Å². The van der Waals surface area contributed by atoms with Gasteiger partial charge < -0.3 is 5.11 Å². The lowest BCUT2D eigenvalue weighted by atomic mass is 9.91. The molecule has 0 aliphatic heterocycles. The highest BCUT2D eigenvalue weighted by Crippen LogP contribution is 2.32. The molecule has 0 fully saturated rings. The molecule has 0 aromatic heterocycles. The van der Waals surface area contributed by atoms with Crippen LogP contribution in [0.15, 0.2) is 48.5 Å². The lowest BCUT2D eigenvalue weighted by Crippen LogP contribution is -1.96. The molecule has 0 saturated heterocycles. The van der Waals surface area contributed by atoms with Gasteiger partial charge in [0.25, 0.3) is 0 Å². The van der Waals surface area contributed by atoms with Crippen molar-refractivity contribution in [3.05, 3.63) is 65.2 Å². The number of benzene rings is 2. The topological polar surface area (TPSA) is 20.2 Å². The summed E-state index contributed by atoms with van der Waals surface area (Å²) in [7, 11) is 0. The van der Waals surface area contributed by atoms with Crippen LogP contribution < -0.4 is 0 Å². The molecule has 0 spiro atoms. The van der Waals surface area contributed by atoms with Gasteiger partial charge in [0.05, 0.1) is 0 Å². The highest BCUT2D eigenvalue weighted by atomic mass is 16.3. The van der Waals surface area contributed by atoms with E-state index in [4.69, 9.17) is 0 Å². The van der Waals surface area contributed by atoms with Crippen LogP contribution in [0.4, 0.5) is 0 Å². The zero-order chi connectivity index (χ0) is 11.5. The van der Waals surface area contributed by atoms with Crippen molar-refractivity contribution in [3.8, 4) is 5.75 Å². The summed E-state index contributed by atoms with van der Waals surface area (Å²) in [5.41, 5.74) is 3.15. The van der Waals surface area contributed by atoms with Gasteiger partial charge in [-0.1, -0.05) is 55.5 Å². The smallest absolute Gasteiger partial charge is 0.122 e. The molecule has 0 aliphatic rings. The van der Waals surface area contributed by atoms with Crippen molar-refractivity contribution in [2.24, 2.45) is 0 Å². The van der Waals surface area contributed by atoms with E-state index in [1.54, 1.807) is 0 Å². The summed E-state index contributed by atoms with van der Waals surface area (Å²) < 4.78 is 0. The maximum Gasteiger partial charge on any atom is 0.122 e.